The second-order valence-electron chi connectivity index (χ2n) is 21.0. The van der Waals surface area contributed by atoms with E-state index in [1.54, 1.807) is 0 Å². The summed E-state index contributed by atoms with van der Waals surface area (Å²) in [4.78, 5) is 38.1. The number of esters is 3. The van der Waals surface area contributed by atoms with Crippen LogP contribution in [0, 0.1) is 11.8 Å². The molecule has 2 atom stereocenters. The molecule has 0 amide bonds. The third-order valence-electron chi connectivity index (χ3n) is 13.8. The lowest BCUT2D eigenvalue weighted by Crippen LogP contribution is -2.30. The Morgan fingerprint density at radius 3 is 0.877 bits per heavy atom. The van der Waals surface area contributed by atoms with Gasteiger partial charge in [-0.2, -0.15) is 0 Å². The van der Waals surface area contributed by atoms with Crippen molar-refractivity contribution in [3.05, 3.63) is 0 Å². The summed E-state index contributed by atoms with van der Waals surface area (Å²) in [6, 6.07) is 0. The Bertz CT molecular complexity index is 995. The number of rotatable bonds is 53. The molecule has 0 radical (unpaired) electrons. The highest BCUT2D eigenvalue weighted by atomic mass is 16.6. The van der Waals surface area contributed by atoms with Crippen molar-refractivity contribution in [1.82, 2.24) is 0 Å². The number of carbonyl (C=O) groups excluding carboxylic acids is 3. The molecule has 0 aromatic rings. The fourth-order valence-corrected chi connectivity index (χ4v) is 9.02. The normalized spacial score (nSPS) is 12.5. The van der Waals surface area contributed by atoms with Crippen molar-refractivity contribution in [3.8, 4) is 0 Å². The number of hydrogen-bond acceptors (Lipinski definition) is 6. The zero-order chi connectivity index (χ0) is 47.5. The maximum atomic E-state index is 12.8. The Morgan fingerprint density at radius 1 is 0.323 bits per heavy atom. The minimum absolute atomic E-state index is 0.0633. The van der Waals surface area contributed by atoms with Gasteiger partial charge in [0, 0.05) is 19.3 Å². The van der Waals surface area contributed by atoms with E-state index in [1.807, 2.05) is 0 Å². The number of carbonyl (C=O) groups is 3. The maximum absolute atomic E-state index is 12.8. The molecular weight excluding hydrogens is 805 g/mol. The average Bonchev–Trinajstić information content (AvgIpc) is 3.29. The maximum Gasteiger partial charge on any atom is 0.306 e. The van der Waals surface area contributed by atoms with Crippen molar-refractivity contribution in [2.24, 2.45) is 11.8 Å². The van der Waals surface area contributed by atoms with Gasteiger partial charge in [-0.05, 0) is 31.1 Å². The molecule has 0 heterocycles. The Hall–Kier alpha value is -1.59. The van der Waals surface area contributed by atoms with Gasteiger partial charge in [0.15, 0.2) is 6.10 Å². The monoisotopic (exact) mass is 919 g/mol. The molecule has 6 heteroatoms. The lowest BCUT2D eigenvalue weighted by molar-refractivity contribution is -0.167. The second kappa shape index (κ2) is 51.8. The molecule has 0 aromatic carbocycles. The summed E-state index contributed by atoms with van der Waals surface area (Å²) >= 11 is 0. The van der Waals surface area contributed by atoms with Gasteiger partial charge >= 0.3 is 17.9 Å². The van der Waals surface area contributed by atoms with E-state index < -0.39 is 6.10 Å². The first-order valence-corrected chi connectivity index (χ1v) is 29.3. The summed E-state index contributed by atoms with van der Waals surface area (Å²) in [5, 5.41) is 0. The van der Waals surface area contributed by atoms with E-state index in [9.17, 15) is 14.4 Å². The van der Waals surface area contributed by atoms with E-state index >= 15 is 0 Å². The van der Waals surface area contributed by atoms with Crippen LogP contribution in [0.2, 0.25) is 0 Å². The topological polar surface area (TPSA) is 78.9 Å². The lowest BCUT2D eigenvalue weighted by atomic mass is 9.99. The number of unbranched alkanes of at least 4 members (excludes halogenated alkanes) is 37. The SMILES string of the molecule is CCCCCCCCCCCCCCCCCCCCCC(=O)OC[C@H](COC(=O)CCCCCCCCCC(C)C)OC(=O)CCCCCCCCCCCCCCCCC(C)CC. The van der Waals surface area contributed by atoms with Crippen LogP contribution in [-0.2, 0) is 28.6 Å². The predicted octanol–water partition coefficient (Wildman–Crippen LogP) is 19.3. The smallest absolute Gasteiger partial charge is 0.306 e. The molecule has 65 heavy (non-hydrogen) atoms. The molecule has 0 N–H and O–H groups in total. The van der Waals surface area contributed by atoms with Crippen LogP contribution in [0.15, 0.2) is 0 Å². The van der Waals surface area contributed by atoms with E-state index in [0.717, 1.165) is 69.6 Å². The summed E-state index contributed by atoms with van der Waals surface area (Å²) in [6.07, 6.45) is 55.3. The molecule has 1 unspecified atom stereocenters. The Morgan fingerprint density at radius 2 is 0.585 bits per heavy atom. The van der Waals surface area contributed by atoms with Crippen molar-refractivity contribution < 1.29 is 28.6 Å². The first-order chi connectivity index (χ1) is 31.8. The van der Waals surface area contributed by atoms with Crippen LogP contribution < -0.4 is 0 Å². The van der Waals surface area contributed by atoms with Crippen molar-refractivity contribution in [1.29, 1.82) is 0 Å². The fourth-order valence-electron chi connectivity index (χ4n) is 9.02. The van der Waals surface area contributed by atoms with E-state index in [4.69, 9.17) is 14.2 Å². The lowest BCUT2D eigenvalue weighted by Gasteiger charge is -2.18. The summed E-state index contributed by atoms with van der Waals surface area (Å²) in [6.45, 7) is 11.4. The molecule has 0 aliphatic carbocycles. The van der Waals surface area contributed by atoms with Crippen molar-refractivity contribution >= 4 is 17.9 Å². The molecule has 0 aliphatic heterocycles. The predicted molar refractivity (Wildman–Crippen MR) is 280 cm³/mol. The first kappa shape index (κ1) is 63.4. The molecule has 0 aliphatic rings. The van der Waals surface area contributed by atoms with Gasteiger partial charge in [0.25, 0.3) is 0 Å². The van der Waals surface area contributed by atoms with Crippen molar-refractivity contribution in [3.63, 3.8) is 0 Å². The van der Waals surface area contributed by atoms with E-state index in [-0.39, 0.29) is 31.1 Å². The minimum atomic E-state index is -0.763. The molecule has 0 spiro atoms. The highest BCUT2D eigenvalue weighted by Crippen LogP contribution is 2.19. The highest BCUT2D eigenvalue weighted by molar-refractivity contribution is 5.71. The minimum Gasteiger partial charge on any atom is -0.462 e. The summed E-state index contributed by atoms with van der Waals surface area (Å²) in [5.41, 5.74) is 0. The molecule has 0 saturated carbocycles. The summed E-state index contributed by atoms with van der Waals surface area (Å²) < 4.78 is 16.9. The fraction of sp³-hybridized carbons (Fsp3) is 0.949. The zero-order valence-electron chi connectivity index (χ0n) is 44.6. The molecule has 0 saturated heterocycles. The van der Waals surface area contributed by atoms with Gasteiger partial charge in [-0.25, -0.2) is 0 Å². The molecule has 386 valence electrons. The molecule has 0 aromatic heterocycles. The van der Waals surface area contributed by atoms with E-state index in [1.165, 1.54) is 218 Å². The standard InChI is InChI=1S/C59H114O6/c1-6-8-9-10-11-12-13-14-15-16-17-18-19-23-26-29-34-39-44-49-57(60)63-52-56(53-64-58(61)50-45-40-36-31-32-37-42-47-54(3)4)65-59(62)51-46-41-35-30-27-24-21-20-22-25-28-33-38-43-48-55(5)7-2/h54-56H,6-53H2,1-5H3/t55?,56-/m1/s1. The van der Waals surface area contributed by atoms with E-state index in [2.05, 4.69) is 34.6 Å². The van der Waals surface area contributed by atoms with Crippen LogP contribution >= 0.6 is 0 Å². The molecule has 0 bridgehead atoms. The Kier molecular flexibility index (Phi) is 50.5. The third kappa shape index (κ3) is 51.6. The van der Waals surface area contributed by atoms with Crippen LogP contribution in [0.5, 0.6) is 0 Å². The van der Waals surface area contributed by atoms with E-state index in [0.29, 0.717) is 19.3 Å². The van der Waals surface area contributed by atoms with Gasteiger partial charge in [-0.3, -0.25) is 14.4 Å². The molecule has 0 fully saturated rings. The average molecular weight is 920 g/mol. The van der Waals surface area contributed by atoms with Gasteiger partial charge in [-0.15, -0.1) is 0 Å². The number of hydrogen-bond donors (Lipinski definition) is 0. The summed E-state index contributed by atoms with van der Waals surface area (Å²) in [7, 11) is 0. The van der Waals surface area contributed by atoms with Crippen molar-refractivity contribution in [2.75, 3.05) is 13.2 Å². The molecule has 0 rings (SSSR count). The van der Waals surface area contributed by atoms with Crippen LogP contribution in [0.4, 0.5) is 0 Å². The molecular formula is C59H114O6. The van der Waals surface area contributed by atoms with Crippen LogP contribution in [0.3, 0.4) is 0 Å². The van der Waals surface area contributed by atoms with Crippen LogP contribution in [-0.4, -0.2) is 37.2 Å². The highest BCUT2D eigenvalue weighted by Gasteiger charge is 2.19. The van der Waals surface area contributed by atoms with Gasteiger partial charge in [0.2, 0.25) is 0 Å². The summed E-state index contributed by atoms with van der Waals surface area (Å²) in [5.74, 6) is 0.833. The van der Waals surface area contributed by atoms with Gasteiger partial charge in [0.05, 0.1) is 0 Å². The third-order valence-corrected chi connectivity index (χ3v) is 13.8. The van der Waals surface area contributed by atoms with Gasteiger partial charge < -0.3 is 14.2 Å². The van der Waals surface area contributed by atoms with Gasteiger partial charge in [0.1, 0.15) is 13.2 Å². The Balaban J connectivity index is 4.23. The number of ether oxygens (including phenoxy) is 3. The largest absolute Gasteiger partial charge is 0.462 e. The zero-order valence-corrected chi connectivity index (χ0v) is 44.6. The van der Waals surface area contributed by atoms with Crippen molar-refractivity contribution in [2.45, 2.75) is 336 Å². The van der Waals surface area contributed by atoms with Crippen LogP contribution in [0.1, 0.15) is 330 Å². The van der Waals surface area contributed by atoms with Crippen LogP contribution in [0.25, 0.3) is 0 Å². The Labute approximate surface area is 406 Å². The quantitative estimate of drug-likeness (QED) is 0.0344. The molecule has 6 nitrogen and oxygen atoms in total. The second-order valence-corrected chi connectivity index (χ2v) is 21.0. The van der Waals surface area contributed by atoms with Gasteiger partial charge in [-0.1, -0.05) is 291 Å². The first-order valence-electron chi connectivity index (χ1n) is 29.3.